The molecule has 0 atom stereocenters. The fourth-order valence-electron chi connectivity index (χ4n) is 4.61. The van der Waals surface area contributed by atoms with Gasteiger partial charge < -0.3 is 4.74 Å². The predicted octanol–water partition coefficient (Wildman–Crippen LogP) is 7.55. The number of hydrogen-bond donors (Lipinski definition) is 0. The number of carbonyl (C=O) groups excluding carboxylic acids is 1. The van der Waals surface area contributed by atoms with Crippen molar-refractivity contribution in [3.63, 3.8) is 0 Å². The summed E-state index contributed by atoms with van der Waals surface area (Å²) in [6, 6.07) is 11.3. The van der Waals surface area contributed by atoms with Crippen molar-refractivity contribution in [2.45, 2.75) is 51.4 Å². The Labute approximate surface area is 180 Å². The topological polar surface area (TPSA) is 26.3 Å². The van der Waals surface area contributed by atoms with E-state index in [0.717, 1.165) is 43.2 Å². The van der Waals surface area contributed by atoms with E-state index in [1.165, 1.54) is 49.2 Å². The van der Waals surface area contributed by atoms with Crippen molar-refractivity contribution in [2.24, 2.45) is 5.92 Å². The first kappa shape index (κ1) is 21.4. The van der Waals surface area contributed by atoms with Gasteiger partial charge in [0.15, 0.2) is 11.6 Å². The van der Waals surface area contributed by atoms with Gasteiger partial charge in [-0.3, -0.25) is 0 Å². The Morgan fingerprint density at radius 2 is 1.71 bits per heavy atom. The summed E-state index contributed by atoms with van der Waals surface area (Å²) in [6.45, 7) is 2.20. The normalized spacial score (nSPS) is 18.8. The zero-order chi connectivity index (χ0) is 22.0. The second-order valence-electron chi connectivity index (χ2n) is 8.38. The average Bonchev–Trinajstić information content (AvgIpc) is 2.77. The van der Waals surface area contributed by atoms with Crippen molar-refractivity contribution in [3.05, 3.63) is 77.1 Å². The molecule has 0 aliphatic heterocycles. The van der Waals surface area contributed by atoms with Crippen LogP contribution in [0.5, 0.6) is 5.75 Å². The first-order valence-corrected chi connectivity index (χ1v) is 10.9. The molecule has 1 aliphatic carbocycles. The number of benzene rings is 3. The number of ether oxygens (including phenoxy) is 1. The summed E-state index contributed by atoms with van der Waals surface area (Å²) < 4.78 is 47.2. The SMILES string of the molecule is CCCC1CCC(c2ccc(C(=O)Oc3ccc4c(F)c(F)ccc4c3)c(F)c2)CC1. The Bertz CT molecular complexity index is 1100. The number of esters is 1. The molecule has 0 N–H and O–H groups in total. The molecule has 0 bridgehead atoms. The fraction of sp³-hybridized carbons (Fsp3) is 0.346. The molecule has 1 fully saturated rings. The lowest BCUT2D eigenvalue weighted by Gasteiger charge is -2.28. The molecule has 0 saturated heterocycles. The van der Waals surface area contributed by atoms with Crippen molar-refractivity contribution < 1.29 is 22.7 Å². The third kappa shape index (κ3) is 4.60. The first-order valence-electron chi connectivity index (χ1n) is 10.9. The van der Waals surface area contributed by atoms with Crippen LogP contribution in [0.4, 0.5) is 13.2 Å². The molecule has 0 aromatic heterocycles. The van der Waals surface area contributed by atoms with Crippen molar-refractivity contribution in [1.82, 2.24) is 0 Å². The van der Waals surface area contributed by atoms with E-state index >= 15 is 0 Å². The quantitative estimate of drug-likeness (QED) is 0.311. The molecule has 31 heavy (non-hydrogen) atoms. The molecule has 162 valence electrons. The van der Waals surface area contributed by atoms with Gasteiger partial charge in [-0.2, -0.15) is 0 Å². The highest BCUT2D eigenvalue weighted by molar-refractivity contribution is 5.92. The monoisotopic (exact) mass is 426 g/mol. The van der Waals surface area contributed by atoms with Gasteiger partial charge >= 0.3 is 5.97 Å². The minimum atomic E-state index is -0.958. The summed E-state index contributed by atoms with van der Waals surface area (Å²) >= 11 is 0. The van der Waals surface area contributed by atoms with Gasteiger partial charge in [0, 0.05) is 5.39 Å². The molecule has 3 aromatic carbocycles. The Morgan fingerprint density at radius 3 is 2.42 bits per heavy atom. The minimum absolute atomic E-state index is 0.0870. The standard InChI is InChI=1S/C26H25F3O2/c1-2-3-16-4-6-17(7-5-16)18-8-11-22(24(28)15-18)26(30)31-20-10-12-21-19(14-20)9-13-23(27)25(21)29/h8-17H,2-7H2,1H3. The van der Waals surface area contributed by atoms with E-state index in [1.807, 2.05) is 6.07 Å². The predicted molar refractivity (Wildman–Crippen MR) is 115 cm³/mol. The molecule has 5 heteroatoms. The van der Waals surface area contributed by atoms with E-state index in [9.17, 15) is 18.0 Å². The Hall–Kier alpha value is -2.82. The summed E-state index contributed by atoms with van der Waals surface area (Å²) in [5.74, 6) is -2.10. The van der Waals surface area contributed by atoms with E-state index in [4.69, 9.17) is 4.74 Å². The van der Waals surface area contributed by atoms with Gasteiger partial charge in [0.2, 0.25) is 0 Å². The highest BCUT2D eigenvalue weighted by Gasteiger charge is 2.23. The fourth-order valence-corrected chi connectivity index (χ4v) is 4.61. The van der Waals surface area contributed by atoms with Crippen LogP contribution in [0.25, 0.3) is 10.8 Å². The van der Waals surface area contributed by atoms with Gasteiger partial charge in [0.1, 0.15) is 11.6 Å². The number of fused-ring (bicyclic) bond motifs is 1. The third-order valence-corrected chi connectivity index (χ3v) is 6.32. The summed E-state index contributed by atoms with van der Waals surface area (Å²) in [5.41, 5.74) is 0.779. The number of halogens is 3. The van der Waals surface area contributed by atoms with E-state index in [1.54, 1.807) is 0 Å². The Balaban J connectivity index is 1.47. The van der Waals surface area contributed by atoms with Crippen molar-refractivity contribution in [2.75, 3.05) is 0 Å². The lowest BCUT2D eigenvalue weighted by atomic mass is 9.77. The highest BCUT2D eigenvalue weighted by Crippen LogP contribution is 2.38. The molecule has 3 aromatic rings. The molecular weight excluding hydrogens is 401 g/mol. The second-order valence-corrected chi connectivity index (χ2v) is 8.38. The summed E-state index contributed by atoms with van der Waals surface area (Å²) in [5, 5.41) is 0.475. The molecule has 0 radical (unpaired) electrons. The van der Waals surface area contributed by atoms with E-state index in [-0.39, 0.29) is 16.7 Å². The maximum absolute atomic E-state index is 14.7. The molecule has 0 unspecified atom stereocenters. The molecule has 0 spiro atoms. The molecule has 2 nitrogen and oxygen atoms in total. The van der Waals surface area contributed by atoms with E-state index in [0.29, 0.717) is 11.3 Å². The highest BCUT2D eigenvalue weighted by atomic mass is 19.2. The van der Waals surface area contributed by atoms with Crippen LogP contribution >= 0.6 is 0 Å². The Kier molecular flexibility index (Phi) is 6.30. The molecule has 0 heterocycles. The molecule has 1 saturated carbocycles. The molecule has 4 rings (SSSR count). The average molecular weight is 426 g/mol. The van der Waals surface area contributed by atoms with Crippen molar-refractivity contribution in [1.29, 1.82) is 0 Å². The largest absolute Gasteiger partial charge is 0.423 e. The maximum atomic E-state index is 14.7. The number of hydrogen-bond acceptors (Lipinski definition) is 2. The van der Waals surface area contributed by atoms with Crippen LogP contribution in [0.15, 0.2) is 48.5 Å². The van der Waals surface area contributed by atoms with Crippen LogP contribution < -0.4 is 4.74 Å². The second kappa shape index (κ2) is 9.13. The third-order valence-electron chi connectivity index (χ3n) is 6.32. The lowest BCUT2D eigenvalue weighted by molar-refractivity contribution is 0.0730. The van der Waals surface area contributed by atoms with Gasteiger partial charge in [0.05, 0.1) is 5.56 Å². The zero-order valence-corrected chi connectivity index (χ0v) is 17.5. The zero-order valence-electron chi connectivity index (χ0n) is 17.5. The van der Waals surface area contributed by atoms with Gasteiger partial charge in [-0.05, 0) is 84.9 Å². The van der Waals surface area contributed by atoms with Gasteiger partial charge in [-0.15, -0.1) is 0 Å². The summed E-state index contributed by atoms with van der Waals surface area (Å²) in [6.07, 6.45) is 6.86. The van der Waals surface area contributed by atoms with E-state index < -0.39 is 23.4 Å². The van der Waals surface area contributed by atoms with Gasteiger partial charge in [-0.1, -0.05) is 31.9 Å². The van der Waals surface area contributed by atoms with Gasteiger partial charge in [-0.25, -0.2) is 18.0 Å². The van der Waals surface area contributed by atoms with Crippen LogP contribution in [0.1, 0.15) is 67.3 Å². The molecular formula is C26H25F3O2. The number of rotatable bonds is 5. The maximum Gasteiger partial charge on any atom is 0.346 e. The lowest BCUT2D eigenvalue weighted by Crippen LogP contribution is -2.15. The smallest absolute Gasteiger partial charge is 0.346 e. The number of carbonyl (C=O) groups is 1. The Morgan fingerprint density at radius 1 is 0.935 bits per heavy atom. The first-order chi connectivity index (χ1) is 15.0. The molecule has 1 aliphatic rings. The van der Waals surface area contributed by atoms with Crippen LogP contribution in [-0.2, 0) is 0 Å². The minimum Gasteiger partial charge on any atom is -0.423 e. The van der Waals surface area contributed by atoms with Crippen LogP contribution in [0.3, 0.4) is 0 Å². The van der Waals surface area contributed by atoms with Gasteiger partial charge in [0.25, 0.3) is 0 Å². The van der Waals surface area contributed by atoms with E-state index in [2.05, 4.69) is 6.92 Å². The van der Waals surface area contributed by atoms with Crippen molar-refractivity contribution in [3.8, 4) is 5.75 Å². The van der Waals surface area contributed by atoms with Crippen LogP contribution in [0, 0.1) is 23.4 Å². The summed E-state index contributed by atoms with van der Waals surface area (Å²) in [7, 11) is 0. The summed E-state index contributed by atoms with van der Waals surface area (Å²) in [4.78, 5) is 12.5. The molecule has 0 amide bonds. The van der Waals surface area contributed by atoms with Crippen LogP contribution in [-0.4, -0.2) is 5.97 Å². The van der Waals surface area contributed by atoms with Crippen molar-refractivity contribution >= 4 is 16.7 Å². The van der Waals surface area contributed by atoms with Crippen LogP contribution in [0.2, 0.25) is 0 Å².